The first-order valence-electron chi connectivity index (χ1n) is 9.45. The van der Waals surface area contributed by atoms with Crippen LogP contribution in [0.1, 0.15) is 30.5 Å². The number of carbonyl (C=O) groups excluding carboxylic acids is 2. The lowest BCUT2D eigenvalue weighted by Crippen LogP contribution is -2.49. The number of nitrogens with one attached hydrogen (secondary N) is 1. The highest BCUT2D eigenvalue weighted by Crippen LogP contribution is 2.27. The van der Waals surface area contributed by atoms with Gasteiger partial charge in [-0.2, -0.15) is 0 Å². The Bertz CT molecular complexity index is 866. The van der Waals surface area contributed by atoms with Crippen LogP contribution in [-0.2, 0) is 16.1 Å². The molecule has 0 radical (unpaired) electrons. The number of ether oxygens (including phenoxy) is 1. The van der Waals surface area contributed by atoms with Crippen LogP contribution < -0.4 is 10.1 Å². The molecule has 0 saturated heterocycles. The van der Waals surface area contributed by atoms with Crippen molar-refractivity contribution in [2.45, 2.75) is 40.3 Å². The maximum Gasteiger partial charge on any atom is 0.261 e. The fourth-order valence-corrected chi connectivity index (χ4v) is 3.38. The molecule has 2 aromatic carbocycles. The Kier molecular flexibility index (Phi) is 8.35. The summed E-state index contributed by atoms with van der Waals surface area (Å²) in [5.41, 5.74) is 2.63. The molecule has 0 heterocycles. The van der Waals surface area contributed by atoms with Crippen LogP contribution in [0.15, 0.2) is 36.4 Å². The SMILES string of the molecule is CCNC(=O)[C@H](C)N(Cc1c(Cl)cccc1Cl)C(=O)COc1cccc(C)c1C. The molecule has 0 aliphatic rings. The Morgan fingerprint density at radius 3 is 2.34 bits per heavy atom. The molecule has 1 atom stereocenters. The zero-order valence-corrected chi connectivity index (χ0v) is 18.6. The van der Waals surface area contributed by atoms with Gasteiger partial charge in [-0.15, -0.1) is 0 Å². The number of hydrogen-bond acceptors (Lipinski definition) is 3. The largest absolute Gasteiger partial charge is 0.483 e. The maximum absolute atomic E-state index is 13.0. The van der Waals surface area contributed by atoms with Crippen molar-refractivity contribution in [3.63, 3.8) is 0 Å². The predicted molar refractivity (Wildman–Crippen MR) is 117 cm³/mol. The van der Waals surface area contributed by atoms with Gasteiger partial charge in [0.15, 0.2) is 6.61 Å². The molecule has 0 aliphatic heterocycles. The maximum atomic E-state index is 13.0. The van der Waals surface area contributed by atoms with Gasteiger partial charge in [-0.05, 0) is 57.0 Å². The molecule has 1 N–H and O–H groups in total. The van der Waals surface area contributed by atoms with Crippen LogP contribution in [0.25, 0.3) is 0 Å². The second kappa shape index (κ2) is 10.5. The molecule has 7 heteroatoms. The van der Waals surface area contributed by atoms with Gasteiger partial charge in [0.2, 0.25) is 5.91 Å². The van der Waals surface area contributed by atoms with Crippen molar-refractivity contribution in [3.05, 3.63) is 63.1 Å². The molecule has 0 fully saturated rings. The summed E-state index contributed by atoms with van der Waals surface area (Å²) in [6.45, 7) is 7.79. The van der Waals surface area contributed by atoms with E-state index in [1.807, 2.05) is 39.0 Å². The van der Waals surface area contributed by atoms with E-state index in [2.05, 4.69) is 5.32 Å². The summed E-state index contributed by atoms with van der Waals surface area (Å²) in [6.07, 6.45) is 0. The van der Waals surface area contributed by atoms with Crippen molar-refractivity contribution in [1.82, 2.24) is 10.2 Å². The topological polar surface area (TPSA) is 58.6 Å². The molecule has 0 aliphatic carbocycles. The molecule has 0 aromatic heterocycles. The number of benzene rings is 2. The molecule has 2 amide bonds. The molecule has 0 unspecified atom stereocenters. The third-order valence-corrected chi connectivity index (χ3v) is 5.52. The molecule has 2 aromatic rings. The highest BCUT2D eigenvalue weighted by atomic mass is 35.5. The summed E-state index contributed by atoms with van der Waals surface area (Å²) in [5, 5.41) is 3.62. The van der Waals surface area contributed by atoms with Crippen LogP contribution in [0.3, 0.4) is 0 Å². The third-order valence-electron chi connectivity index (χ3n) is 4.81. The van der Waals surface area contributed by atoms with Crippen LogP contribution in [0, 0.1) is 13.8 Å². The van der Waals surface area contributed by atoms with E-state index in [0.29, 0.717) is 27.9 Å². The highest BCUT2D eigenvalue weighted by molar-refractivity contribution is 6.36. The van der Waals surface area contributed by atoms with Gasteiger partial charge >= 0.3 is 0 Å². The van der Waals surface area contributed by atoms with Gasteiger partial charge < -0.3 is 15.0 Å². The van der Waals surface area contributed by atoms with E-state index in [-0.39, 0.29) is 25.0 Å². The molecule has 5 nitrogen and oxygen atoms in total. The standard InChI is InChI=1S/C22H26Cl2N2O3/c1-5-25-22(28)16(4)26(12-17-18(23)9-7-10-19(17)24)21(27)13-29-20-11-6-8-14(2)15(20)3/h6-11,16H,5,12-13H2,1-4H3,(H,25,28)/t16-/m0/s1. The van der Waals surface area contributed by atoms with E-state index in [9.17, 15) is 9.59 Å². The molecule has 0 saturated carbocycles. The smallest absolute Gasteiger partial charge is 0.261 e. The van der Waals surface area contributed by atoms with Crippen molar-refractivity contribution in [2.75, 3.05) is 13.2 Å². The number of aryl methyl sites for hydroxylation is 1. The lowest BCUT2D eigenvalue weighted by molar-refractivity contribution is -0.142. The lowest BCUT2D eigenvalue weighted by Gasteiger charge is -2.29. The second-order valence-corrected chi connectivity index (χ2v) is 7.59. The summed E-state index contributed by atoms with van der Waals surface area (Å²) >= 11 is 12.6. The quantitative estimate of drug-likeness (QED) is 0.660. The molecule has 0 spiro atoms. The Labute approximate surface area is 181 Å². The number of nitrogens with zero attached hydrogens (tertiary/aromatic N) is 1. The molecule has 0 bridgehead atoms. The second-order valence-electron chi connectivity index (χ2n) is 6.78. The Balaban J connectivity index is 2.24. The molecule has 29 heavy (non-hydrogen) atoms. The fourth-order valence-electron chi connectivity index (χ4n) is 2.86. The third kappa shape index (κ3) is 5.87. The number of hydrogen-bond donors (Lipinski definition) is 1. The summed E-state index contributed by atoms with van der Waals surface area (Å²) in [5.74, 6) is 0.0520. The number of halogens is 2. The van der Waals surface area contributed by atoms with Gasteiger partial charge in [0, 0.05) is 28.7 Å². The lowest BCUT2D eigenvalue weighted by atomic mass is 10.1. The Hall–Kier alpha value is -2.24. The number of carbonyl (C=O) groups is 2. The van der Waals surface area contributed by atoms with Crippen molar-refractivity contribution in [1.29, 1.82) is 0 Å². The Morgan fingerprint density at radius 2 is 1.72 bits per heavy atom. The van der Waals surface area contributed by atoms with E-state index >= 15 is 0 Å². The average molecular weight is 437 g/mol. The zero-order chi connectivity index (χ0) is 21.6. The minimum absolute atomic E-state index is 0.103. The first-order chi connectivity index (χ1) is 13.8. The van der Waals surface area contributed by atoms with Crippen molar-refractivity contribution < 1.29 is 14.3 Å². The van der Waals surface area contributed by atoms with E-state index in [4.69, 9.17) is 27.9 Å². The molecular weight excluding hydrogens is 411 g/mol. The van der Waals surface area contributed by atoms with Crippen LogP contribution in [-0.4, -0.2) is 35.9 Å². The van der Waals surface area contributed by atoms with Gasteiger partial charge in [0.05, 0.1) is 0 Å². The van der Waals surface area contributed by atoms with E-state index < -0.39 is 6.04 Å². The predicted octanol–water partition coefficient (Wildman–Crippen LogP) is 4.54. The first kappa shape index (κ1) is 23.0. The molecular formula is C22H26Cl2N2O3. The number of rotatable bonds is 8. The van der Waals surface area contributed by atoms with Gasteiger partial charge in [-0.1, -0.05) is 41.4 Å². The molecule has 156 valence electrons. The van der Waals surface area contributed by atoms with Crippen molar-refractivity contribution in [3.8, 4) is 5.75 Å². The summed E-state index contributed by atoms with van der Waals surface area (Å²) < 4.78 is 5.76. The first-order valence-corrected chi connectivity index (χ1v) is 10.2. The minimum Gasteiger partial charge on any atom is -0.483 e. The monoisotopic (exact) mass is 436 g/mol. The zero-order valence-electron chi connectivity index (χ0n) is 17.1. The van der Waals surface area contributed by atoms with Gasteiger partial charge in [-0.25, -0.2) is 0 Å². The van der Waals surface area contributed by atoms with E-state index in [0.717, 1.165) is 11.1 Å². The van der Waals surface area contributed by atoms with Gasteiger partial charge in [0.1, 0.15) is 11.8 Å². The van der Waals surface area contributed by atoms with Crippen LogP contribution in [0.5, 0.6) is 5.75 Å². The number of likely N-dealkylation sites (N-methyl/N-ethyl adjacent to an activating group) is 1. The summed E-state index contributed by atoms with van der Waals surface area (Å²) in [6, 6.07) is 10.1. The highest BCUT2D eigenvalue weighted by Gasteiger charge is 2.27. The summed E-state index contributed by atoms with van der Waals surface area (Å²) in [7, 11) is 0. The van der Waals surface area contributed by atoms with Gasteiger partial charge in [-0.3, -0.25) is 9.59 Å². The van der Waals surface area contributed by atoms with Crippen molar-refractivity contribution >= 4 is 35.0 Å². The summed E-state index contributed by atoms with van der Waals surface area (Å²) in [4.78, 5) is 26.9. The fraction of sp³-hybridized carbons (Fsp3) is 0.364. The normalized spacial score (nSPS) is 11.7. The van der Waals surface area contributed by atoms with Crippen LogP contribution >= 0.6 is 23.2 Å². The average Bonchev–Trinajstić information content (AvgIpc) is 2.68. The van der Waals surface area contributed by atoms with E-state index in [1.54, 1.807) is 25.1 Å². The van der Waals surface area contributed by atoms with Gasteiger partial charge in [0.25, 0.3) is 5.91 Å². The number of amides is 2. The van der Waals surface area contributed by atoms with Crippen LogP contribution in [0.4, 0.5) is 0 Å². The minimum atomic E-state index is -0.711. The Morgan fingerprint density at radius 1 is 1.10 bits per heavy atom. The van der Waals surface area contributed by atoms with Crippen LogP contribution in [0.2, 0.25) is 10.0 Å². The van der Waals surface area contributed by atoms with Crippen molar-refractivity contribution in [2.24, 2.45) is 0 Å². The van der Waals surface area contributed by atoms with E-state index in [1.165, 1.54) is 4.90 Å². The molecule has 2 rings (SSSR count).